The highest BCUT2D eigenvalue weighted by atomic mass is 35.5. The van der Waals surface area contributed by atoms with Gasteiger partial charge in [0, 0.05) is 26.0 Å². The first-order valence-electron chi connectivity index (χ1n) is 6.06. The van der Waals surface area contributed by atoms with E-state index in [1.165, 1.54) is 7.11 Å². The largest absolute Gasteiger partial charge is 0.383 e. The van der Waals surface area contributed by atoms with Gasteiger partial charge in [-0.1, -0.05) is 13.8 Å². The quantitative estimate of drug-likeness (QED) is 0.782. The Morgan fingerprint density at radius 1 is 1.50 bits per heavy atom. The molecule has 20 heavy (non-hydrogen) atoms. The van der Waals surface area contributed by atoms with Gasteiger partial charge in [0.1, 0.15) is 11.9 Å². The van der Waals surface area contributed by atoms with Crippen molar-refractivity contribution in [2.75, 3.05) is 13.7 Å². The number of methoxy groups -OCH3 is 1. The van der Waals surface area contributed by atoms with E-state index in [1.54, 1.807) is 6.20 Å². The molecule has 8 heteroatoms. The summed E-state index contributed by atoms with van der Waals surface area (Å²) in [5.74, 6) is 1.14. The Bertz CT molecular complexity index is 385. The first-order valence-corrected chi connectivity index (χ1v) is 6.06. The lowest BCUT2D eigenvalue weighted by atomic mass is 10.2. The van der Waals surface area contributed by atoms with Crippen molar-refractivity contribution in [3.63, 3.8) is 0 Å². The second-order valence-electron chi connectivity index (χ2n) is 4.67. The molecule has 118 valence electrons. The third-order valence-corrected chi connectivity index (χ3v) is 2.47. The predicted octanol–water partition coefficient (Wildman–Crippen LogP) is 0.973. The highest BCUT2D eigenvalue weighted by Gasteiger charge is 2.13. The molecule has 1 heterocycles. The lowest BCUT2D eigenvalue weighted by molar-refractivity contribution is -0.123. The van der Waals surface area contributed by atoms with Crippen molar-refractivity contribution in [2.24, 2.45) is 11.7 Å². The van der Waals surface area contributed by atoms with Crippen LogP contribution in [-0.2, 0) is 22.6 Å². The number of nitrogens with one attached hydrogen (secondary N) is 1. The minimum absolute atomic E-state index is 0. The molecule has 1 aromatic rings. The van der Waals surface area contributed by atoms with Gasteiger partial charge < -0.3 is 20.4 Å². The zero-order valence-electron chi connectivity index (χ0n) is 12.0. The third-order valence-electron chi connectivity index (χ3n) is 2.47. The van der Waals surface area contributed by atoms with Crippen LogP contribution in [0, 0.1) is 5.92 Å². The number of hydrogen-bond acceptors (Lipinski definition) is 4. The van der Waals surface area contributed by atoms with E-state index in [1.807, 2.05) is 10.8 Å². The summed E-state index contributed by atoms with van der Waals surface area (Å²) in [6.45, 7) is 5.76. The zero-order chi connectivity index (χ0) is 13.5. The molecule has 1 atom stereocenters. The van der Waals surface area contributed by atoms with Crippen LogP contribution in [0.1, 0.15) is 19.7 Å². The van der Waals surface area contributed by atoms with Gasteiger partial charge in [0.05, 0.1) is 13.2 Å². The normalized spacial score (nSPS) is 11.4. The maximum absolute atomic E-state index is 11.6. The van der Waals surface area contributed by atoms with E-state index < -0.39 is 6.04 Å². The molecule has 3 N–H and O–H groups in total. The Morgan fingerprint density at radius 2 is 2.15 bits per heavy atom. The molecule has 1 unspecified atom stereocenters. The average Bonchev–Trinajstić information content (AvgIpc) is 2.72. The van der Waals surface area contributed by atoms with Gasteiger partial charge in [0.25, 0.3) is 0 Å². The second-order valence-corrected chi connectivity index (χ2v) is 4.67. The smallest absolute Gasteiger partial charge is 0.239 e. The molecule has 0 aromatic carbocycles. The maximum atomic E-state index is 11.6. The molecule has 0 aliphatic heterocycles. The molecule has 0 saturated heterocycles. The zero-order valence-corrected chi connectivity index (χ0v) is 13.7. The molecule has 0 bridgehead atoms. The number of carbonyl (C=O) groups excluding carboxylic acids is 1. The monoisotopic (exact) mass is 326 g/mol. The fraction of sp³-hybridized carbons (Fsp3) is 0.667. The van der Waals surface area contributed by atoms with Crippen LogP contribution in [0.25, 0.3) is 0 Å². The van der Waals surface area contributed by atoms with Gasteiger partial charge in [-0.05, 0) is 5.92 Å². The van der Waals surface area contributed by atoms with Gasteiger partial charge in [0.2, 0.25) is 5.91 Å². The topological polar surface area (TPSA) is 82.2 Å². The number of ether oxygens (including phenoxy) is 1. The SMILES string of the molecule is COCC(N)C(=O)NCc1nccn1CC(C)C.Cl.Cl. The van der Waals surface area contributed by atoms with E-state index in [0.717, 1.165) is 12.4 Å². The number of aromatic nitrogens is 2. The van der Waals surface area contributed by atoms with Crippen molar-refractivity contribution in [3.8, 4) is 0 Å². The summed E-state index contributed by atoms with van der Waals surface area (Å²) in [5.41, 5.74) is 5.62. The van der Waals surface area contributed by atoms with Crippen LogP contribution in [-0.4, -0.2) is 35.2 Å². The summed E-state index contributed by atoms with van der Waals surface area (Å²) in [6, 6.07) is -0.636. The molecular weight excluding hydrogens is 303 g/mol. The molecule has 0 spiro atoms. The van der Waals surface area contributed by atoms with Gasteiger partial charge in [0.15, 0.2) is 0 Å². The number of nitrogens with zero attached hydrogens (tertiary/aromatic N) is 2. The lowest BCUT2D eigenvalue weighted by Gasteiger charge is -2.13. The van der Waals surface area contributed by atoms with Gasteiger partial charge >= 0.3 is 0 Å². The van der Waals surface area contributed by atoms with Crippen molar-refractivity contribution in [1.29, 1.82) is 0 Å². The molecule has 1 aromatic heterocycles. The first kappa shape index (κ1) is 21.5. The standard InChI is InChI=1S/C12H22N4O2.2ClH/c1-9(2)7-16-5-4-14-11(16)6-15-12(17)10(13)8-18-3;;/h4-5,9-10H,6-8,13H2,1-3H3,(H,15,17);2*1H. The number of imidazole rings is 1. The number of carbonyl (C=O) groups is 1. The highest BCUT2D eigenvalue weighted by Crippen LogP contribution is 2.03. The molecule has 1 amide bonds. The van der Waals surface area contributed by atoms with Crippen LogP contribution in [0.3, 0.4) is 0 Å². The van der Waals surface area contributed by atoms with Crippen molar-refractivity contribution < 1.29 is 9.53 Å². The molecule has 6 nitrogen and oxygen atoms in total. The van der Waals surface area contributed by atoms with Crippen molar-refractivity contribution in [2.45, 2.75) is 33.0 Å². The van der Waals surface area contributed by atoms with E-state index in [2.05, 4.69) is 24.1 Å². The second kappa shape index (κ2) is 10.9. The number of rotatable bonds is 7. The number of nitrogens with two attached hydrogens (primary N) is 1. The molecule has 0 aliphatic carbocycles. The summed E-state index contributed by atoms with van der Waals surface area (Å²) in [5, 5.41) is 2.76. The molecule has 1 rings (SSSR count). The van der Waals surface area contributed by atoms with E-state index in [4.69, 9.17) is 10.5 Å². The van der Waals surface area contributed by atoms with E-state index in [-0.39, 0.29) is 37.3 Å². The summed E-state index contributed by atoms with van der Waals surface area (Å²) in [6.07, 6.45) is 3.65. The maximum Gasteiger partial charge on any atom is 0.239 e. The average molecular weight is 327 g/mol. The first-order chi connectivity index (χ1) is 8.54. The molecule has 0 aliphatic rings. The lowest BCUT2D eigenvalue weighted by Crippen LogP contribution is -2.43. The fourth-order valence-corrected chi connectivity index (χ4v) is 1.62. The van der Waals surface area contributed by atoms with Crippen molar-refractivity contribution in [1.82, 2.24) is 14.9 Å². The number of amides is 1. The van der Waals surface area contributed by atoms with E-state index in [0.29, 0.717) is 12.5 Å². The fourth-order valence-electron chi connectivity index (χ4n) is 1.62. The molecule has 0 saturated carbocycles. The Morgan fingerprint density at radius 3 is 2.70 bits per heavy atom. The molecule has 0 fully saturated rings. The van der Waals surface area contributed by atoms with Gasteiger partial charge in [-0.2, -0.15) is 0 Å². The van der Waals surface area contributed by atoms with Crippen LogP contribution < -0.4 is 11.1 Å². The van der Waals surface area contributed by atoms with Crippen LogP contribution in [0.5, 0.6) is 0 Å². The third kappa shape index (κ3) is 7.09. The Balaban J connectivity index is 0. The number of halogens is 2. The van der Waals surface area contributed by atoms with E-state index >= 15 is 0 Å². The molecular formula is C12H24Cl2N4O2. The highest BCUT2D eigenvalue weighted by molar-refractivity contribution is 5.85. The summed E-state index contributed by atoms with van der Waals surface area (Å²) < 4.78 is 6.87. The van der Waals surface area contributed by atoms with Crippen LogP contribution >= 0.6 is 24.8 Å². The van der Waals surface area contributed by atoms with E-state index in [9.17, 15) is 4.79 Å². The minimum Gasteiger partial charge on any atom is -0.383 e. The Hall–Kier alpha value is -0.820. The molecule has 0 radical (unpaired) electrons. The summed E-state index contributed by atoms with van der Waals surface area (Å²) in [7, 11) is 1.52. The summed E-state index contributed by atoms with van der Waals surface area (Å²) >= 11 is 0. The van der Waals surface area contributed by atoms with Crippen LogP contribution in [0.15, 0.2) is 12.4 Å². The van der Waals surface area contributed by atoms with Crippen molar-refractivity contribution >= 4 is 30.7 Å². The van der Waals surface area contributed by atoms with Gasteiger partial charge in [-0.25, -0.2) is 4.98 Å². The van der Waals surface area contributed by atoms with Crippen molar-refractivity contribution in [3.05, 3.63) is 18.2 Å². The van der Waals surface area contributed by atoms with Crippen LogP contribution in [0.4, 0.5) is 0 Å². The predicted molar refractivity (Wildman–Crippen MR) is 83.3 cm³/mol. The Kier molecular flexibility index (Phi) is 11.7. The summed E-state index contributed by atoms with van der Waals surface area (Å²) in [4.78, 5) is 15.8. The van der Waals surface area contributed by atoms with Crippen LogP contribution in [0.2, 0.25) is 0 Å². The van der Waals surface area contributed by atoms with Gasteiger partial charge in [-0.15, -0.1) is 24.8 Å². The number of hydrogen-bond donors (Lipinski definition) is 2. The van der Waals surface area contributed by atoms with Gasteiger partial charge in [-0.3, -0.25) is 4.79 Å². The Labute approximate surface area is 132 Å². The minimum atomic E-state index is -0.636.